The van der Waals surface area contributed by atoms with Gasteiger partial charge in [-0.3, -0.25) is 9.78 Å². The lowest BCUT2D eigenvalue weighted by molar-refractivity contribution is 0.101. The summed E-state index contributed by atoms with van der Waals surface area (Å²) in [6.45, 7) is 13.4. The molecule has 3 rings (SSSR count). The molecule has 0 spiro atoms. The maximum Gasteiger partial charge on any atom is 0.159 e. The van der Waals surface area contributed by atoms with Crippen molar-refractivity contribution in [2.75, 3.05) is 6.61 Å². The molecule has 0 saturated heterocycles. The summed E-state index contributed by atoms with van der Waals surface area (Å²) >= 11 is 0. The van der Waals surface area contributed by atoms with Gasteiger partial charge in [0, 0.05) is 22.7 Å². The number of nitrogens with zero attached hydrogens (tertiary/aromatic N) is 1. The first-order valence-corrected chi connectivity index (χ1v) is 11.0. The normalized spacial score (nSPS) is 11.5. The summed E-state index contributed by atoms with van der Waals surface area (Å²) in [5.41, 5.74) is 6.28. The number of benzene rings is 2. The molecular formula is C27H33NO2. The molecule has 1 heterocycles. The second kappa shape index (κ2) is 9.42. The summed E-state index contributed by atoms with van der Waals surface area (Å²) in [5.74, 6) is 1.78. The lowest BCUT2D eigenvalue weighted by atomic mass is 9.88. The van der Waals surface area contributed by atoms with Crippen LogP contribution < -0.4 is 4.74 Å². The number of pyridine rings is 1. The molecule has 0 aliphatic rings. The van der Waals surface area contributed by atoms with Gasteiger partial charge in [0.05, 0.1) is 12.1 Å². The minimum atomic E-state index is 0.0601. The lowest BCUT2D eigenvalue weighted by Gasteiger charge is -2.22. The van der Waals surface area contributed by atoms with E-state index in [1.165, 1.54) is 11.1 Å². The largest absolute Gasteiger partial charge is 0.493 e. The maximum atomic E-state index is 12.0. The molecule has 0 amide bonds. The van der Waals surface area contributed by atoms with Crippen LogP contribution in [0.25, 0.3) is 22.0 Å². The van der Waals surface area contributed by atoms with E-state index in [1.807, 2.05) is 30.5 Å². The van der Waals surface area contributed by atoms with Crippen LogP contribution in [0.4, 0.5) is 0 Å². The first kappa shape index (κ1) is 22.0. The quantitative estimate of drug-likeness (QED) is 0.288. The summed E-state index contributed by atoms with van der Waals surface area (Å²) in [6.07, 6.45) is 3.96. The number of Topliss-reactive ketones (excluding diaryl/α,β-unsaturated/α-hetero) is 1. The number of carbonyl (C=O) groups excluding carboxylic acids is 1. The number of hydrogen-bond acceptors (Lipinski definition) is 3. The Morgan fingerprint density at radius 3 is 2.40 bits per heavy atom. The maximum absolute atomic E-state index is 12.0. The van der Waals surface area contributed by atoms with Crippen molar-refractivity contribution in [1.82, 2.24) is 4.98 Å². The Morgan fingerprint density at radius 2 is 1.77 bits per heavy atom. The summed E-state index contributed by atoms with van der Waals surface area (Å²) in [6, 6.07) is 12.3. The fourth-order valence-electron chi connectivity index (χ4n) is 3.72. The van der Waals surface area contributed by atoms with Crippen molar-refractivity contribution in [1.29, 1.82) is 0 Å². The molecule has 0 fully saturated rings. The van der Waals surface area contributed by atoms with Crippen molar-refractivity contribution in [2.45, 2.75) is 66.2 Å². The summed E-state index contributed by atoms with van der Waals surface area (Å²) in [4.78, 5) is 16.6. The molecule has 0 aliphatic carbocycles. The molecule has 0 radical (unpaired) electrons. The zero-order valence-electron chi connectivity index (χ0n) is 19.1. The van der Waals surface area contributed by atoms with E-state index >= 15 is 0 Å². The van der Waals surface area contributed by atoms with E-state index in [0.717, 1.165) is 40.6 Å². The monoisotopic (exact) mass is 403 g/mol. The Labute approximate surface area is 180 Å². The SMILES string of the molecule is CCCCOc1c(-c2ccnc3ccc(C(C)=O)cc23)cc(C(C)C)cc1C(C)C. The van der Waals surface area contributed by atoms with Gasteiger partial charge < -0.3 is 4.74 Å². The van der Waals surface area contributed by atoms with E-state index in [0.29, 0.717) is 24.0 Å². The molecule has 3 aromatic rings. The number of hydrogen-bond donors (Lipinski definition) is 0. The van der Waals surface area contributed by atoms with Crippen LogP contribution in [0.2, 0.25) is 0 Å². The molecule has 0 unspecified atom stereocenters. The Hall–Kier alpha value is -2.68. The lowest BCUT2D eigenvalue weighted by Crippen LogP contribution is -2.05. The van der Waals surface area contributed by atoms with Gasteiger partial charge >= 0.3 is 0 Å². The Kier molecular flexibility index (Phi) is 6.91. The Balaban J connectivity index is 2.32. The number of aromatic nitrogens is 1. The van der Waals surface area contributed by atoms with Crippen LogP contribution in [0.5, 0.6) is 5.75 Å². The van der Waals surface area contributed by atoms with Crippen LogP contribution in [0.3, 0.4) is 0 Å². The van der Waals surface area contributed by atoms with Crippen LogP contribution in [0.1, 0.15) is 87.7 Å². The summed E-state index contributed by atoms with van der Waals surface area (Å²) in [7, 11) is 0. The zero-order chi connectivity index (χ0) is 21.8. The highest BCUT2D eigenvalue weighted by molar-refractivity contribution is 6.02. The van der Waals surface area contributed by atoms with E-state index < -0.39 is 0 Å². The number of ether oxygens (including phenoxy) is 1. The number of unbranched alkanes of at least 4 members (excludes halogenated alkanes) is 1. The van der Waals surface area contributed by atoms with Crippen molar-refractivity contribution < 1.29 is 9.53 Å². The molecule has 2 aromatic carbocycles. The third-order valence-electron chi connectivity index (χ3n) is 5.61. The fraction of sp³-hybridized carbons (Fsp3) is 0.407. The van der Waals surface area contributed by atoms with Gasteiger partial charge in [-0.25, -0.2) is 0 Å². The molecule has 0 bridgehead atoms. The van der Waals surface area contributed by atoms with E-state index in [2.05, 4.69) is 51.7 Å². The summed E-state index contributed by atoms with van der Waals surface area (Å²) < 4.78 is 6.40. The van der Waals surface area contributed by atoms with Crippen LogP contribution in [0, 0.1) is 0 Å². The standard InChI is InChI=1S/C27H33NO2/c1-7-8-13-30-27-23(18(4)5)15-21(17(2)3)16-25(27)22-11-12-28-26-10-9-20(19(6)29)14-24(22)26/h9-12,14-18H,7-8,13H2,1-6H3. The predicted molar refractivity (Wildman–Crippen MR) is 126 cm³/mol. The third kappa shape index (κ3) is 4.56. The average Bonchev–Trinajstić information content (AvgIpc) is 2.72. The zero-order valence-corrected chi connectivity index (χ0v) is 19.1. The Morgan fingerprint density at radius 1 is 1.00 bits per heavy atom. The molecule has 3 heteroatoms. The first-order valence-electron chi connectivity index (χ1n) is 11.0. The van der Waals surface area contributed by atoms with Gasteiger partial charge in [0.2, 0.25) is 0 Å². The second-order valence-electron chi connectivity index (χ2n) is 8.64. The van der Waals surface area contributed by atoms with Crippen LogP contribution >= 0.6 is 0 Å². The highest BCUT2D eigenvalue weighted by Gasteiger charge is 2.19. The van der Waals surface area contributed by atoms with Gasteiger partial charge in [0.25, 0.3) is 0 Å². The number of rotatable bonds is 8. The van der Waals surface area contributed by atoms with Gasteiger partial charge in [-0.05, 0) is 72.2 Å². The number of carbonyl (C=O) groups is 1. The van der Waals surface area contributed by atoms with Gasteiger partial charge in [-0.2, -0.15) is 0 Å². The molecule has 30 heavy (non-hydrogen) atoms. The van der Waals surface area contributed by atoms with Crippen LogP contribution in [-0.2, 0) is 0 Å². The van der Waals surface area contributed by atoms with E-state index in [4.69, 9.17) is 4.74 Å². The second-order valence-corrected chi connectivity index (χ2v) is 8.64. The first-order chi connectivity index (χ1) is 14.3. The molecule has 0 atom stereocenters. The molecule has 0 N–H and O–H groups in total. The average molecular weight is 404 g/mol. The smallest absolute Gasteiger partial charge is 0.159 e. The van der Waals surface area contributed by atoms with Gasteiger partial charge in [-0.15, -0.1) is 0 Å². The van der Waals surface area contributed by atoms with Crippen molar-refractivity contribution in [3.05, 3.63) is 59.3 Å². The highest BCUT2D eigenvalue weighted by atomic mass is 16.5. The molecule has 3 nitrogen and oxygen atoms in total. The van der Waals surface area contributed by atoms with Gasteiger partial charge in [0.1, 0.15) is 5.75 Å². The molecule has 1 aromatic heterocycles. The fourth-order valence-corrected chi connectivity index (χ4v) is 3.72. The topological polar surface area (TPSA) is 39.2 Å². The third-order valence-corrected chi connectivity index (χ3v) is 5.61. The van der Waals surface area contributed by atoms with Crippen molar-refractivity contribution in [3.63, 3.8) is 0 Å². The van der Waals surface area contributed by atoms with Crippen molar-refractivity contribution >= 4 is 16.7 Å². The highest BCUT2D eigenvalue weighted by Crippen LogP contribution is 2.42. The van der Waals surface area contributed by atoms with Gasteiger partial charge in [0.15, 0.2) is 5.78 Å². The van der Waals surface area contributed by atoms with E-state index in [1.54, 1.807) is 6.92 Å². The predicted octanol–water partition coefficient (Wildman–Crippen LogP) is 7.53. The molecule has 0 aliphatic heterocycles. The Bertz CT molecular complexity index is 1050. The minimum Gasteiger partial charge on any atom is -0.493 e. The summed E-state index contributed by atoms with van der Waals surface area (Å²) in [5, 5.41) is 0.987. The molecular weight excluding hydrogens is 370 g/mol. The van der Waals surface area contributed by atoms with Crippen molar-refractivity contribution in [2.24, 2.45) is 0 Å². The van der Waals surface area contributed by atoms with Crippen LogP contribution in [0.15, 0.2) is 42.6 Å². The van der Waals surface area contributed by atoms with Crippen LogP contribution in [-0.4, -0.2) is 17.4 Å². The van der Waals surface area contributed by atoms with E-state index in [-0.39, 0.29) is 5.78 Å². The van der Waals surface area contributed by atoms with Crippen molar-refractivity contribution in [3.8, 4) is 16.9 Å². The number of ketones is 1. The number of fused-ring (bicyclic) bond motifs is 1. The molecule has 158 valence electrons. The molecule has 0 saturated carbocycles. The van der Waals surface area contributed by atoms with Gasteiger partial charge in [-0.1, -0.05) is 47.1 Å². The minimum absolute atomic E-state index is 0.0601. The van der Waals surface area contributed by atoms with E-state index in [9.17, 15) is 4.79 Å².